The molecule has 0 fully saturated rings. The summed E-state index contributed by atoms with van der Waals surface area (Å²) in [6.45, 7) is 8.09. The van der Waals surface area contributed by atoms with Crippen LogP contribution < -0.4 is 5.32 Å². The third-order valence-corrected chi connectivity index (χ3v) is 5.26. The Kier molecular flexibility index (Phi) is 8.37. The standard InChI is InChI=1S/C24H31FN2O2/c1-5-18(4)26-24(29)22(6-2)27(16-19-11-13-21(25)14-12-19)23(28)15-20-10-8-7-9-17(20)3/h7-14,18,22H,5-6,15-16H2,1-4H3,(H,26,29)/t18-,22+/m0/s1. The molecule has 2 atom stereocenters. The third-order valence-electron chi connectivity index (χ3n) is 5.26. The lowest BCUT2D eigenvalue weighted by atomic mass is 10.0. The molecule has 0 aliphatic rings. The van der Waals surface area contributed by atoms with Crippen molar-refractivity contribution >= 4 is 11.8 Å². The number of carbonyl (C=O) groups is 2. The van der Waals surface area contributed by atoms with Gasteiger partial charge >= 0.3 is 0 Å². The van der Waals surface area contributed by atoms with Crippen molar-refractivity contribution in [2.24, 2.45) is 0 Å². The number of aryl methyl sites for hydroxylation is 1. The molecule has 0 saturated heterocycles. The molecule has 2 rings (SSSR count). The van der Waals surface area contributed by atoms with Crippen LogP contribution in [-0.2, 0) is 22.6 Å². The summed E-state index contributed by atoms with van der Waals surface area (Å²) in [5, 5.41) is 2.99. The number of carbonyl (C=O) groups excluding carboxylic acids is 2. The van der Waals surface area contributed by atoms with Gasteiger partial charge in [0.05, 0.1) is 6.42 Å². The quantitative estimate of drug-likeness (QED) is 0.681. The molecular weight excluding hydrogens is 367 g/mol. The average molecular weight is 399 g/mol. The lowest BCUT2D eigenvalue weighted by Gasteiger charge is -2.31. The Morgan fingerprint density at radius 1 is 1.03 bits per heavy atom. The second-order valence-corrected chi connectivity index (χ2v) is 7.49. The van der Waals surface area contributed by atoms with E-state index in [9.17, 15) is 14.0 Å². The fourth-order valence-corrected chi connectivity index (χ4v) is 3.22. The van der Waals surface area contributed by atoms with Gasteiger partial charge in [-0.1, -0.05) is 50.2 Å². The minimum absolute atomic E-state index is 0.0377. The van der Waals surface area contributed by atoms with Crippen molar-refractivity contribution in [3.05, 3.63) is 71.0 Å². The number of benzene rings is 2. The highest BCUT2D eigenvalue weighted by molar-refractivity contribution is 5.88. The lowest BCUT2D eigenvalue weighted by molar-refractivity contribution is -0.141. The highest BCUT2D eigenvalue weighted by Gasteiger charge is 2.29. The summed E-state index contributed by atoms with van der Waals surface area (Å²) in [6, 6.07) is 13.3. The van der Waals surface area contributed by atoms with Crippen molar-refractivity contribution < 1.29 is 14.0 Å². The van der Waals surface area contributed by atoms with Crippen molar-refractivity contribution in [2.75, 3.05) is 0 Å². The van der Waals surface area contributed by atoms with Crippen LogP contribution in [0.15, 0.2) is 48.5 Å². The molecule has 0 saturated carbocycles. The van der Waals surface area contributed by atoms with E-state index in [-0.39, 0.29) is 36.6 Å². The molecule has 0 aliphatic heterocycles. The van der Waals surface area contributed by atoms with E-state index in [2.05, 4.69) is 5.32 Å². The maximum absolute atomic E-state index is 13.3. The monoisotopic (exact) mass is 398 g/mol. The van der Waals surface area contributed by atoms with Crippen molar-refractivity contribution in [1.82, 2.24) is 10.2 Å². The zero-order valence-corrected chi connectivity index (χ0v) is 17.7. The van der Waals surface area contributed by atoms with Crippen LogP contribution in [0.4, 0.5) is 4.39 Å². The minimum atomic E-state index is -0.578. The Balaban J connectivity index is 2.29. The fraction of sp³-hybridized carbons (Fsp3) is 0.417. The molecule has 0 heterocycles. The van der Waals surface area contributed by atoms with Gasteiger partial charge in [0.25, 0.3) is 0 Å². The molecule has 2 aromatic rings. The van der Waals surface area contributed by atoms with Crippen molar-refractivity contribution in [1.29, 1.82) is 0 Å². The Morgan fingerprint density at radius 2 is 1.69 bits per heavy atom. The van der Waals surface area contributed by atoms with Gasteiger partial charge in [-0.25, -0.2) is 4.39 Å². The van der Waals surface area contributed by atoms with E-state index in [1.165, 1.54) is 12.1 Å². The van der Waals surface area contributed by atoms with E-state index in [4.69, 9.17) is 0 Å². The van der Waals surface area contributed by atoms with Gasteiger partial charge in [-0.15, -0.1) is 0 Å². The first-order valence-corrected chi connectivity index (χ1v) is 10.2. The molecule has 2 amide bonds. The predicted octanol–water partition coefficient (Wildman–Crippen LogP) is 4.40. The molecule has 0 bridgehead atoms. The van der Waals surface area contributed by atoms with Gasteiger partial charge in [0.15, 0.2) is 0 Å². The second kappa shape index (κ2) is 10.7. The van der Waals surface area contributed by atoms with Gasteiger partial charge in [-0.3, -0.25) is 9.59 Å². The van der Waals surface area contributed by atoms with Crippen molar-refractivity contribution in [3.63, 3.8) is 0 Å². The summed E-state index contributed by atoms with van der Waals surface area (Å²) in [7, 11) is 0. The average Bonchev–Trinajstić information content (AvgIpc) is 2.70. The number of hydrogen-bond donors (Lipinski definition) is 1. The normalized spacial score (nSPS) is 12.9. The molecule has 0 spiro atoms. The van der Waals surface area contributed by atoms with Gasteiger partial charge in [-0.2, -0.15) is 0 Å². The molecule has 0 radical (unpaired) electrons. The SMILES string of the molecule is CC[C@H](C(=O)N[C@@H](C)CC)N(Cc1ccc(F)cc1)C(=O)Cc1ccccc1C. The van der Waals surface area contributed by atoms with E-state index in [0.29, 0.717) is 6.42 Å². The van der Waals surface area contributed by atoms with Crippen LogP contribution >= 0.6 is 0 Å². The van der Waals surface area contributed by atoms with E-state index in [1.54, 1.807) is 17.0 Å². The van der Waals surface area contributed by atoms with Crippen LogP contribution in [0.3, 0.4) is 0 Å². The Bertz CT molecular complexity index is 820. The summed E-state index contributed by atoms with van der Waals surface area (Å²) in [5.41, 5.74) is 2.78. The summed E-state index contributed by atoms with van der Waals surface area (Å²) >= 11 is 0. The summed E-state index contributed by atoms with van der Waals surface area (Å²) in [5.74, 6) is -0.593. The highest BCUT2D eigenvalue weighted by atomic mass is 19.1. The van der Waals surface area contributed by atoms with Crippen LogP contribution in [0.1, 0.15) is 50.3 Å². The molecule has 2 aromatic carbocycles. The fourth-order valence-electron chi connectivity index (χ4n) is 3.22. The summed E-state index contributed by atoms with van der Waals surface area (Å²) < 4.78 is 13.3. The number of hydrogen-bond acceptors (Lipinski definition) is 2. The van der Waals surface area contributed by atoms with Gasteiger partial charge in [-0.05, 0) is 55.5 Å². The van der Waals surface area contributed by atoms with Crippen molar-refractivity contribution in [2.45, 2.75) is 65.6 Å². The van der Waals surface area contributed by atoms with E-state index in [0.717, 1.165) is 23.1 Å². The van der Waals surface area contributed by atoms with Gasteiger partial charge in [0.1, 0.15) is 11.9 Å². The summed E-state index contributed by atoms with van der Waals surface area (Å²) in [6.07, 6.45) is 1.54. The molecular formula is C24H31FN2O2. The lowest BCUT2D eigenvalue weighted by Crippen LogP contribution is -2.51. The molecule has 4 nitrogen and oxygen atoms in total. The number of amides is 2. The topological polar surface area (TPSA) is 49.4 Å². The molecule has 0 aromatic heterocycles. The van der Waals surface area contributed by atoms with Crippen LogP contribution in [-0.4, -0.2) is 28.8 Å². The zero-order valence-electron chi connectivity index (χ0n) is 17.7. The molecule has 1 N–H and O–H groups in total. The van der Waals surface area contributed by atoms with Crippen LogP contribution in [0.25, 0.3) is 0 Å². The summed E-state index contributed by atoms with van der Waals surface area (Å²) in [4.78, 5) is 27.8. The molecule has 0 unspecified atom stereocenters. The molecule has 0 aliphatic carbocycles. The number of halogens is 1. The number of nitrogens with one attached hydrogen (secondary N) is 1. The first kappa shape index (κ1) is 22.6. The first-order valence-electron chi connectivity index (χ1n) is 10.2. The van der Waals surface area contributed by atoms with Gasteiger partial charge < -0.3 is 10.2 Å². The van der Waals surface area contributed by atoms with Gasteiger partial charge in [0.2, 0.25) is 11.8 Å². The zero-order chi connectivity index (χ0) is 21.4. The van der Waals surface area contributed by atoms with Crippen LogP contribution in [0.5, 0.6) is 0 Å². The van der Waals surface area contributed by atoms with E-state index in [1.807, 2.05) is 52.0 Å². The molecule has 156 valence electrons. The molecule has 5 heteroatoms. The smallest absolute Gasteiger partial charge is 0.243 e. The van der Waals surface area contributed by atoms with Crippen LogP contribution in [0, 0.1) is 12.7 Å². The molecule has 29 heavy (non-hydrogen) atoms. The largest absolute Gasteiger partial charge is 0.352 e. The maximum atomic E-state index is 13.3. The Hall–Kier alpha value is -2.69. The Labute approximate surface area is 173 Å². The number of rotatable bonds is 9. The maximum Gasteiger partial charge on any atom is 0.243 e. The first-order chi connectivity index (χ1) is 13.8. The highest BCUT2D eigenvalue weighted by Crippen LogP contribution is 2.17. The second-order valence-electron chi connectivity index (χ2n) is 7.49. The predicted molar refractivity (Wildman–Crippen MR) is 114 cm³/mol. The Morgan fingerprint density at radius 3 is 2.28 bits per heavy atom. The van der Waals surface area contributed by atoms with Crippen molar-refractivity contribution in [3.8, 4) is 0 Å². The third kappa shape index (κ3) is 6.41. The number of nitrogens with zero attached hydrogens (tertiary/aromatic N) is 1. The minimum Gasteiger partial charge on any atom is -0.352 e. The van der Waals surface area contributed by atoms with Crippen LogP contribution in [0.2, 0.25) is 0 Å². The van der Waals surface area contributed by atoms with Gasteiger partial charge in [0, 0.05) is 12.6 Å². The van der Waals surface area contributed by atoms with E-state index >= 15 is 0 Å². The van der Waals surface area contributed by atoms with E-state index < -0.39 is 6.04 Å².